The van der Waals surface area contributed by atoms with E-state index in [2.05, 4.69) is 34.2 Å². The third kappa shape index (κ3) is 1.58. The Hall–Kier alpha value is 0.140. The highest BCUT2D eigenvalue weighted by molar-refractivity contribution is 9.11. The van der Waals surface area contributed by atoms with Crippen molar-refractivity contribution in [2.75, 3.05) is 6.54 Å². The average molecular weight is 246 g/mol. The van der Waals surface area contributed by atoms with Gasteiger partial charge in [-0.2, -0.15) is 0 Å². The fourth-order valence-electron chi connectivity index (χ4n) is 1.58. The molecule has 0 spiro atoms. The normalized spacial score (nSPS) is 23.3. The molecule has 3 heteroatoms. The molecule has 2 rings (SSSR count). The molecule has 12 heavy (non-hydrogen) atoms. The Labute approximate surface area is 85.3 Å². The van der Waals surface area contributed by atoms with Crippen molar-refractivity contribution in [1.29, 1.82) is 0 Å². The van der Waals surface area contributed by atoms with E-state index in [1.165, 1.54) is 33.6 Å². The highest BCUT2D eigenvalue weighted by Gasteiger charge is 2.18. The maximum atomic E-state index is 3.55. The van der Waals surface area contributed by atoms with Crippen LogP contribution in [0, 0.1) is 6.92 Å². The summed E-state index contributed by atoms with van der Waals surface area (Å²) >= 11 is 5.42. The van der Waals surface area contributed by atoms with Crippen molar-refractivity contribution in [3.05, 3.63) is 20.3 Å². The van der Waals surface area contributed by atoms with Crippen LogP contribution in [0.3, 0.4) is 0 Å². The SMILES string of the molecule is Cc1cc([C@H]2CCCN2)sc1Br. The number of hydrogen-bond acceptors (Lipinski definition) is 2. The summed E-state index contributed by atoms with van der Waals surface area (Å²) in [5.41, 5.74) is 1.36. The lowest BCUT2D eigenvalue weighted by Gasteiger charge is -2.05. The third-order valence-corrected chi connectivity index (χ3v) is 4.53. The smallest absolute Gasteiger partial charge is 0.0731 e. The molecule has 0 aromatic carbocycles. The number of halogens is 1. The minimum absolute atomic E-state index is 0.625. The monoisotopic (exact) mass is 245 g/mol. The quantitative estimate of drug-likeness (QED) is 0.802. The van der Waals surface area contributed by atoms with E-state index in [1.54, 1.807) is 0 Å². The first-order valence-corrected chi connectivity index (χ1v) is 5.87. The van der Waals surface area contributed by atoms with Crippen molar-refractivity contribution in [2.24, 2.45) is 0 Å². The predicted octanol–water partition coefficient (Wildman–Crippen LogP) is 3.24. The molecule has 1 nitrogen and oxygen atoms in total. The summed E-state index contributed by atoms with van der Waals surface area (Å²) < 4.78 is 1.28. The standard InChI is InChI=1S/C9H12BrNS/c1-6-5-8(12-9(6)10)7-3-2-4-11-7/h5,7,11H,2-4H2,1H3/t7-/m1/s1. The molecule has 2 heterocycles. The molecule has 1 aromatic rings. The van der Waals surface area contributed by atoms with Crippen LogP contribution in [0.1, 0.15) is 29.3 Å². The van der Waals surface area contributed by atoms with Crippen molar-refractivity contribution in [3.63, 3.8) is 0 Å². The maximum absolute atomic E-state index is 3.55. The molecule has 1 aromatic heterocycles. The Kier molecular flexibility index (Phi) is 2.53. The van der Waals surface area contributed by atoms with Crippen molar-refractivity contribution < 1.29 is 0 Å². The number of thiophene rings is 1. The number of nitrogens with one attached hydrogen (secondary N) is 1. The van der Waals surface area contributed by atoms with E-state index in [0.29, 0.717) is 6.04 Å². The van der Waals surface area contributed by atoms with Crippen LogP contribution in [0.2, 0.25) is 0 Å². The number of aryl methyl sites for hydroxylation is 1. The minimum Gasteiger partial charge on any atom is -0.309 e. The van der Waals surface area contributed by atoms with Gasteiger partial charge in [0, 0.05) is 10.9 Å². The molecule has 66 valence electrons. The molecular formula is C9H12BrNS. The molecule has 0 radical (unpaired) electrons. The number of rotatable bonds is 1. The molecule has 0 saturated carbocycles. The Morgan fingerprint density at radius 3 is 3.00 bits per heavy atom. The van der Waals surface area contributed by atoms with Gasteiger partial charge in [-0.25, -0.2) is 0 Å². The Morgan fingerprint density at radius 1 is 1.67 bits per heavy atom. The van der Waals surface area contributed by atoms with E-state index in [9.17, 15) is 0 Å². The summed E-state index contributed by atoms with van der Waals surface area (Å²) in [5.74, 6) is 0. The first-order valence-electron chi connectivity index (χ1n) is 4.26. The first kappa shape index (κ1) is 8.73. The molecule has 1 atom stereocenters. The van der Waals surface area contributed by atoms with E-state index in [0.717, 1.165) is 0 Å². The van der Waals surface area contributed by atoms with Gasteiger partial charge in [-0.3, -0.25) is 0 Å². The second-order valence-corrected chi connectivity index (χ2v) is 5.66. The predicted molar refractivity (Wildman–Crippen MR) is 56.7 cm³/mol. The maximum Gasteiger partial charge on any atom is 0.0731 e. The summed E-state index contributed by atoms with van der Waals surface area (Å²) in [6.45, 7) is 3.33. The second kappa shape index (κ2) is 3.48. The van der Waals surface area contributed by atoms with Gasteiger partial charge < -0.3 is 5.32 Å². The van der Waals surface area contributed by atoms with Crippen LogP contribution < -0.4 is 5.32 Å². The van der Waals surface area contributed by atoms with Crippen LogP contribution in [-0.2, 0) is 0 Å². The van der Waals surface area contributed by atoms with Crippen LogP contribution in [0.15, 0.2) is 9.85 Å². The topological polar surface area (TPSA) is 12.0 Å². The lowest BCUT2D eigenvalue weighted by molar-refractivity contribution is 0.659. The van der Waals surface area contributed by atoms with E-state index in [-0.39, 0.29) is 0 Å². The van der Waals surface area contributed by atoms with E-state index < -0.39 is 0 Å². The zero-order valence-electron chi connectivity index (χ0n) is 7.06. The van der Waals surface area contributed by atoms with Gasteiger partial charge in [-0.1, -0.05) is 0 Å². The zero-order valence-corrected chi connectivity index (χ0v) is 9.46. The summed E-state index contributed by atoms with van der Waals surface area (Å²) in [5, 5.41) is 3.50. The fraction of sp³-hybridized carbons (Fsp3) is 0.556. The molecule has 0 bridgehead atoms. The number of hydrogen-bond donors (Lipinski definition) is 1. The first-order chi connectivity index (χ1) is 5.77. The van der Waals surface area contributed by atoms with Gasteiger partial charge in [0.25, 0.3) is 0 Å². The molecule has 1 aliphatic heterocycles. The zero-order chi connectivity index (χ0) is 8.55. The van der Waals surface area contributed by atoms with Gasteiger partial charge in [-0.15, -0.1) is 11.3 Å². The van der Waals surface area contributed by atoms with Crippen LogP contribution in [0.25, 0.3) is 0 Å². The molecule has 0 aliphatic carbocycles. The summed E-state index contributed by atoms with van der Waals surface area (Å²) in [6, 6.07) is 2.91. The highest BCUT2D eigenvalue weighted by Crippen LogP contribution is 2.34. The van der Waals surface area contributed by atoms with Gasteiger partial charge in [0.2, 0.25) is 0 Å². The van der Waals surface area contributed by atoms with Crippen LogP contribution in [0.4, 0.5) is 0 Å². The molecule has 1 N–H and O–H groups in total. The molecule has 0 unspecified atom stereocenters. The summed E-state index contributed by atoms with van der Waals surface area (Å²) in [6.07, 6.45) is 2.62. The van der Waals surface area contributed by atoms with Crippen LogP contribution >= 0.6 is 27.3 Å². The van der Waals surface area contributed by atoms with Gasteiger partial charge in [-0.05, 0) is 53.9 Å². The van der Waals surface area contributed by atoms with E-state index in [1.807, 2.05) is 11.3 Å². The molecule has 0 amide bonds. The molecule has 1 fully saturated rings. The highest BCUT2D eigenvalue weighted by atomic mass is 79.9. The summed E-state index contributed by atoms with van der Waals surface area (Å²) in [7, 11) is 0. The van der Waals surface area contributed by atoms with Gasteiger partial charge in [0.1, 0.15) is 0 Å². The second-order valence-electron chi connectivity index (χ2n) is 3.25. The van der Waals surface area contributed by atoms with Crippen molar-refractivity contribution >= 4 is 27.3 Å². The van der Waals surface area contributed by atoms with E-state index in [4.69, 9.17) is 0 Å². The van der Waals surface area contributed by atoms with E-state index >= 15 is 0 Å². The van der Waals surface area contributed by atoms with Gasteiger partial charge in [0.05, 0.1) is 3.79 Å². The van der Waals surface area contributed by atoms with Crippen molar-refractivity contribution in [3.8, 4) is 0 Å². The van der Waals surface area contributed by atoms with Crippen LogP contribution in [0.5, 0.6) is 0 Å². The summed E-state index contributed by atoms with van der Waals surface area (Å²) in [4.78, 5) is 1.48. The van der Waals surface area contributed by atoms with Crippen LogP contribution in [-0.4, -0.2) is 6.54 Å². The third-order valence-electron chi connectivity index (χ3n) is 2.28. The Balaban J connectivity index is 2.21. The molecule has 1 saturated heterocycles. The van der Waals surface area contributed by atoms with Crippen molar-refractivity contribution in [1.82, 2.24) is 5.32 Å². The Morgan fingerprint density at radius 2 is 2.50 bits per heavy atom. The lowest BCUT2D eigenvalue weighted by Crippen LogP contribution is -2.11. The Bertz CT molecular complexity index is 257. The van der Waals surface area contributed by atoms with Gasteiger partial charge in [0.15, 0.2) is 0 Å². The van der Waals surface area contributed by atoms with Gasteiger partial charge >= 0.3 is 0 Å². The molecule has 1 aliphatic rings. The van der Waals surface area contributed by atoms with Crippen molar-refractivity contribution in [2.45, 2.75) is 25.8 Å². The molecular weight excluding hydrogens is 234 g/mol. The largest absolute Gasteiger partial charge is 0.309 e. The lowest BCUT2D eigenvalue weighted by atomic mass is 10.2. The fourth-order valence-corrected chi connectivity index (χ4v) is 3.26. The average Bonchev–Trinajstić information content (AvgIpc) is 2.61. The minimum atomic E-state index is 0.625.